The fourth-order valence-electron chi connectivity index (χ4n) is 2.75. The van der Waals surface area contributed by atoms with E-state index >= 15 is 0 Å². The topological polar surface area (TPSA) is 56.7 Å². The Morgan fingerprint density at radius 1 is 1.43 bits per heavy atom. The normalized spacial score (nSPS) is 23.7. The van der Waals surface area contributed by atoms with E-state index in [1.54, 1.807) is 7.05 Å². The number of benzene rings is 1. The van der Waals surface area contributed by atoms with Gasteiger partial charge in [-0.05, 0) is 30.4 Å². The number of guanidine groups is 1. The standard InChI is InChI=1S/C16H22N4O/c1-11-9-13(11)19-16(17-2)18-10-15(21)20-8-7-12-5-3-4-6-14(12)20/h3-6,11,13H,7-10H2,1-2H3,(H2,17,18,19). The maximum atomic E-state index is 12.4. The lowest BCUT2D eigenvalue weighted by molar-refractivity contribution is -0.117. The highest BCUT2D eigenvalue weighted by molar-refractivity contribution is 5.98. The minimum absolute atomic E-state index is 0.0896. The van der Waals surface area contributed by atoms with Gasteiger partial charge in [-0.15, -0.1) is 0 Å². The van der Waals surface area contributed by atoms with Crippen LogP contribution < -0.4 is 15.5 Å². The van der Waals surface area contributed by atoms with Crippen molar-refractivity contribution >= 4 is 17.6 Å². The molecule has 1 saturated carbocycles. The first-order valence-corrected chi connectivity index (χ1v) is 7.54. The quantitative estimate of drug-likeness (QED) is 0.647. The summed E-state index contributed by atoms with van der Waals surface area (Å²) >= 11 is 0. The van der Waals surface area contributed by atoms with Crippen LogP contribution in [0.3, 0.4) is 0 Å². The van der Waals surface area contributed by atoms with E-state index in [2.05, 4.69) is 28.6 Å². The van der Waals surface area contributed by atoms with E-state index in [4.69, 9.17) is 0 Å². The van der Waals surface area contributed by atoms with Gasteiger partial charge >= 0.3 is 0 Å². The molecule has 2 N–H and O–H groups in total. The zero-order valence-electron chi connectivity index (χ0n) is 12.6. The molecule has 2 aliphatic rings. The van der Waals surface area contributed by atoms with Crippen molar-refractivity contribution in [3.05, 3.63) is 29.8 Å². The lowest BCUT2D eigenvalue weighted by Crippen LogP contribution is -2.45. The molecule has 1 heterocycles. The number of carbonyl (C=O) groups excluding carboxylic acids is 1. The highest BCUT2D eigenvalue weighted by Crippen LogP contribution is 2.29. The summed E-state index contributed by atoms with van der Waals surface area (Å²) in [7, 11) is 1.73. The van der Waals surface area contributed by atoms with E-state index in [0.717, 1.165) is 18.7 Å². The highest BCUT2D eigenvalue weighted by Gasteiger charge is 2.33. The molecule has 2 unspecified atom stereocenters. The number of aliphatic imine (C=N–C) groups is 1. The van der Waals surface area contributed by atoms with E-state index in [1.165, 1.54) is 12.0 Å². The van der Waals surface area contributed by atoms with Crippen molar-refractivity contribution in [2.75, 3.05) is 25.0 Å². The molecule has 1 aromatic carbocycles. The first-order valence-electron chi connectivity index (χ1n) is 7.54. The van der Waals surface area contributed by atoms with Crippen LogP contribution in [0.5, 0.6) is 0 Å². The molecule has 3 rings (SSSR count). The van der Waals surface area contributed by atoms with Crippen LogP contribution in [0.15, 0.2) is 29.3 Å². The first kappa shape index (κ1) is 13.9. The third kappa shape index (κ3) is 3.01. The number of para-hydroxylation sites is 1. The molecule has 0 bridgehead atoms. The molecule has 1 aromatic rings. The van der Waals surface area contributed by atoms with Crippen LogP contribution in [0.4, 0.5) is 5.69 Å². The average molecular weight is 286 g/mol. The number of nitrogens with zero attached hydrogens (tertiary/aromatic N) is 2. The third-order valence-corrected chi connectivity index (χ3v) is 4.25. The Kier molecular flexibility index (Phi) is 3.82. The number of fused-ring (bicyclic) bond motifs is 1. The molecule has 1 amide bonds. The number of hydrogen-bond donors (Lipinski definition) is 2. The molecular weight excluding hydrogens is 264 g/mol. The summed E-state index contributed by atoms with van der Waals surface area (Å²) in [5.74, 6) is 1.50. The monoisotopic (exact) mass is 286 g/mol. The van der Waals surface area contributed by atoms with E-state index < -0.39 is 0 Å². The van der Waals surface area contributed by atoms with Crippen molar-refractivity contribution in [3.63, 3.8) is 0 Å². The molecule has 5 nitrogen and oxygen atoms in total. The minimum atomic E-state index is 0.0896. The zero-order valence-corrected chi connectivity index (χ0v) is 12.6. The summed E-state index contributed by atoms with van der Waals surface area (Å²) in [6.45, 7) is 3.25. The number of anilines is 1. The molecule has 0 radical (unpaired) electrons. The summed E-state index contributed by atoms with van der Waals surface area (Å²) in [5, 5.41) is 6.44. The van der Waals surface area contributed by atoms with Gasteiger partial charge in [-0.1, -0.05) is 25.1 Å². The van der Waals surface area contributed by atoms with E-state index in [1.807, 2.05) is 23.1 Å². The van der Waals surface area contributed by atoms with E-state index in [9.17, 15) is 4.79 Å². The lowest BCUT2D eigenvalue weighted by Gasteiger charge is -2.18. The third-order valence-electron chi connectivity index (χ3n) is 4.25. The van der Waals surface area contributed by atoms with Gasteiger partial charge in [0.2, 0.25) is 5.91 Å². The van der Waals surface area contributed by atoms with Crippen LogP contribution in [0.1, 0.15) is 18.9 Å². The Bertz CT molecular complexity index is 569. The van der Waals surface area contributed by atoms with Gasteiger partial charge in [0.1, 0.15) is 0 Å². The van der Waals surface area contributed by atoms with Crippen molar-refractivity contribution in [2.45, 2.75) is 25.8 Å². The summed E-state index contributed by atoms with van der Waals surface area (Å²) in [4.78, 5) is 18.4. The lowest BCUT2D eigenvalue weighted by atomic mass is 10.2. The number of carbonyl (C=O) groups is 1. The van der Waals surface area contributed by atoms with Gasteiger partial charge in [-0.3, -0.25) is 9.79 Å². The van der Waals surface area contributed by atoms with Gasteiger partial charge < -0.3 is 15.5 Å². The van der Waals surface area contributed by atoms with Gasteiger partial charge in [0.25, 0.3) is 0 Å². The Hall–Kier alpha value is -2.04. The minimum Gasteiger partial charge on any atom is -0.353 e. The van der Waals surface area contributed by atoms with Crippen LogP contribution in [-0.4, -0.2) is 38.0 Å². The van der Waals surface area contributed by atoms with Crippen LogP contribution in [0, 0.1) is 5.92 Å². The summed E-state index contributed by atoms with van der Waals surface area (Å²) < 4.78 is 0. The molecule has 112 valence electrons. The molecule has 1 aliphatic carbocycles. The van der Waals surface area contributed by atoms with Crippen molar-refractivity contribution in [2.24, 2.45) is 10.9 Å². The van der Waals surface area contributed by atoms with Crippen LogP contribution >= 0.6 is 0 Å². The van der Waals surface area contributed by atoms with Crippen molar-refractivity contribution in [1.82, 2.24) is 10.6 Å². The van der Waals surface area contributed by atoms with Crippen molar-refractivity contribution < 1.29 is 4.79 Å². The second-order valence-electron chi connectivity index (χ2n) is 5.81. The van der Waals surface area contributed by atoms with E-state index in [0.29, 0.717) is 17.9 Å². The fraction of sp³-hybridized carbons (Fsp3) is 0.500. The predicted molar refractivity (Wildman–Crippen MR) is 84.6 cm³/mol. The first-order chi connectivity index (χ1) is 10.2. The fourth-order valence-corrected chi connectivity index (χ4v) is 2.75. The van der Waals surface area contributed by atoms with Crippen molar-refractivity contribution in [3.8, 4) is 0 Å². The van der Waals surface area contributed by atoms with Crippen molar-refractivity contribution in [1.29, 1.82) is 0 Å². The summed E-state index contributed by atoms with van der Waals surface area (Å²) in [6.07, 6.45) is 2.11. The molecule has 1 fully saturated rings. The molecule has 21 heavy (non-hydrogen) atoms. The Balaban J connectivity index is 1.55. The second kappa shape index (κ2) is 5.76. The van der Waals surface area contributed by atoms with Gasteiger partial charge in [0.05, 0.1) is 6.54 Å². The molecule has 5 heteroatoms. The van der Waals surface area contributed by atoms with Crippen LogP contribution in [0.2, 0.25) is 0 Å². The Morgan fingerprint density at radius 2 is 2.19 bits per heavy atom. The van der Waals surface area contributed by atoms with Gasteiger partial charge in [-0.25, -0.2) is 0 Å². The largest absolute Gasteiger partial charge is 0.353 e. The highest BCUT2D eigenvalue weighted by atomic mass is 16.2. The average Bonchev–Trinajstić information content (AvgIpc) is 3.02. The SMILES string of the molecule is CN=C(NCC(=O)N1CCc2ccccc21)NC1CC1C. The molecular formula is C16H22N4O. The van der Waals surface area contributed by atoms with Crippen LogP contribution in [0.25, 0.3) is 0 Å². The van der Waals surface area contributed by atoms with Crippen LogP contribution in [-0.2, 0) is 11.2 Å². The molecule has 0 saturated heterocycles. The number of nitrogens with one attached hydrogen (secondary N) is 2. The number of hydrogen-bond acceptors (Lipinski definition) is 2. The molecule has 0 spiro atoms. The summed E-state index contributed by atoms with van der Waals surface area (Å²) in [6, 6.07) is 8.60. The Morgan fingerprint density at radius 3 is 2.90 bits per heavy atom. The van der Waals surface area contributed by atoms with Gasteiger partial charge in [-0.2, -0.15) is 0 Å². The van der Waals surface area contributed by atoms with Gasteiger partial charge in [0, 0.05) is 25.3 Å². The predicted octanol–water partition coefficient (Wildman–Crippen LogP) is 1.15. The maximum absolute atomic E-state index is 12.4. The smallest absolute Gasteiger partial charge is 0.246 e. The molecule has 0 aromatic heterocycles. The van der Waals surface area contributed by atoms with Gasteiger partial charge in [0.15, 0.2) is 5.96 Å². The molecule has 1 aliphatic heterocycles. The second-order valence-corrected chi connectivity index (χ2v) is 5.81. The molecule has 2 atom stereocenters. The Labute approximate surface area is 125 Å². The maximum Gasteiger partial charge on any atom is 0.246 e. The summed E-state index contributed by atoms with van der Waals surface area (Å²) in [5.41, 5.74) is 2.29. The number of amides is 1. The number of rotatable bonds is 3. The van der Waals surface area contributed by atoms with E-state index in [-0.39, 0.29) is 12.5 Å². The zero-order chi connectivity index (χ0) is 14.8.